The molecule has 2 aromatic rings. The maximum absolute atomic E-state index is 9.37. The van der Waals surface area contributed by atoms with E-state index in [-0.39, 0.29) is 12.6 Å². The standard InChI is InChI=1S/C13H14BrNO2/c14-11-6-7-17-13(11)8-15-12(9-16)10-4-2-1-3-5-10/h1-7,12,15-16H,8-9H2. The van der Waals surface area contributed by atoms with Gasteiger partial charge in [-0.25, -0.2) is 0 Å². The van der Waals surface area contributed by atoms with Crippen LogP contribution < -0.4 is 5.32 Å². The van der Waals surface area contributed by atoms with Gasteiger partial charge in [0, 0.05) is 0 Å². The molecule has 0 saturated carbocycles. The molecule has 0 aliphatic rings. The Kier molecular flexibility index (Phi) is 4.36. The van der Waals surface area contributed by atoms with E-state index in [9.17, 15) is 5.11 Å². The summed E-state index contributed by atoms with van der Waals surface area (Å²) in [6.45, 7) is 0.635. The van der Waals surface area contributed by atoms with Crippen LogP contribution in [0.4, 0.5) is 0 Å². The molecule has 0 saturated heterocycles. The van der Waals surface area contributed by atoms with Crippen LogP contribution in [0, 0.1) is 0 Å². The van der Waals surface area contributed by atoms with Crippen molar-refractivity contribution in [3.63, 3.8) is 0 Å². The van der Waals surface area contributed by atoms with Gasteiger partial charge in [0.05, 0.1) is 29.9 Å². The number of benzene rings is 1. The Morgan fingerprint density at radius 1 is 1.24 bits per heavy atom. The fourth-order valence-corrected chi connectivity index (χ4v) is 1.98. The van der Waals surface area contributed by atoms with E-state index in [0.29, 0.717) is 6.54 Å². The van der Waals surface area contributed by atoms with Crippen molar-refractivity contribution in [3.8, 4) is 0 Å². The van der Waals surface area contributed by atoms with Crippen LogP contribution in [-0.2, 0) is 6.54 Å². The average molecular weight is 296 g/mol. The molecular weight excluding hydrogens is 282 g/mol. The average Bonchev–Trinajstić information content (AvgIpc) is 2.77. The minimum atomic E-state index is -0.0757. The second kappa shape index (κ2) is 6.00. The van der Waals surface area contributed by atoms with Gasteiger partial charge in [-0.05, 0) is 27.6 Å². The largest absolute Gasteiger partial charge is 0.467 e. The van der Waals surface area contributed by atoms with Crippen LogP contribution in [0.5, 0.6) is 0 Å². The number of nitrogens with one attached hydrogen (secondary N) is 1. The predicted octanol–water partition coefficient (Wildman–Crippen LogP) is 2.87. The molecule has 0 bridgehead atoms. The van der Waals surface area contributed by atoms with Crippen molar-refractivity contribution in [1.82, 2.24) is 5.32 Å². The number of aliphatic hydroxyl groups is 1. The first-order valence-corrected chi connectivity index (χ1v) is 6.21. The lowest BCUT2D eigenvalue weighted by molar-refractivity contribution is 0.241. The highest BCUT2D eigenvalue weighted by Gasteiger charge is 2.11. The molecule has 0 amide bonds. The lowest BCUT2D eigenvalue weighted by atomic mass is 10.1. The molecule has 0 fully saturated rings. The molecule has 1 aromatic heterocycles. The summed E-state index contributed by atoms with van der Waals surface area (Å²) in [5.74, 6) is 0.833. The summed E-state index contributed by atoms with van der Waals surface area (Å²) in [5, 5.41) is 12.6. The number of hydrogen-bond donors (Lipinski definition) is 2. The Labute approximate surface area is 109 Å². The molecule has 3 nitrogen and oxygen atoms in total. The second-order valence-electron chi connectivity index (χ2n) is 3.72. The van der Waals surface area contributed by atoms with Gasteiger partial charge in [0.2, 0.25) is 0 Å². The van der Waals surface area contributed by atoms with Gasteiger partial charge in [-0.3, -0.25) is 0 Å². The van der Waals surface area contributed by atoms with E-state index in [1.54, 1.807) is 6.26 Å². The van der Waals surface area contributed by atoms with Gasteiger partial charge >= 0.3 is 0 Å². The van der Waals surface area contributed by atoms with Crippen LogP contribution in [-0.4, -0.2) is 11.7 Å². The second-order valence-corrected chi connectivity index (χ2v) is 4.57. The first-order chi connectivity index (χ1) is 8.31. The third-order valence-corrected chi connectivity index (χ3v) is 3.29. The summed E-state index contributed by atoms with van der Waals surface area (Å²) < 4.78 is 6.24. The van der Waals surface area contributed by atoms with Crippen LogP contribution in [0.2, 0.25) is 0 Å². The lowest BCUT2D eigenvalue weighted by Crippen LogP contribution is -2.23. The molecule has 4 heteroatoms. The third-order valence-electron chi connectivity index (χ3n) is 2.58. The molecule has 1 unspecified atom stereocenters. The molecule has 1 heterocycles. The fraction of sp³-hybridized carbons (Fsp3) is 0.231. The van der Waals surface area contributed by atoms with Crippen LogP contribution in [0.3, 0.4) is 0 Å². The topological polar surface area (TPSA) is 45.4 Å². The molecule has 90 valence electrons. The van der Waals surface area contributed by atoms with Gasteiger partial charge in [-0.15, -0.1) is 0 Å². The monoisotopic (exact) mass is 295 g/mol. The zero-order chi connectivity index (χ0) is 12.1. The van der Waals surface area contributed by atoms with Crippen molar-refractivity contribution in [1.29, 1.82) is 0 Å². The first kappa shape index (κ1) is 12.4. The van der Waals surface area contributed by atoms with Crippen molar-refractivity contribution >= 4 is 15.9 Å². The Balaban J connectivity index is 1.99. The summed E-state index contributed by atoms with van der Waals surface area (Å²) in [6, 6.07) is 11.6. The smallest absolute Gasteiger partial charge is 0.131 e. The Morgan fingerprint density at radius 2 is 2.00 bits per heavy atom. The minimum Gasteiger partial charge on any atom is -0.467 e. The molecule has 0 aliphatic carbocycles. The van der Waals surface area contributed by atoms with Crippen LogP contribution in [0.25, 0.3) is 0 Å². The van der Waals surface area contributed by atoms with Gasteiger partial charge in [0.1, 0.15) is 5.76 Å². The molecule has 0 radical (unpaired) electrons. The number of hydrogen-bond acceptors (Lipinski definition) is 3. The summed E-state index contributed by atoms with van der Waals surface area (Å²) in [4.78, 5) is 0. The summed E-state index contributed by atoms with van der Waals surface area (Å²) in [7, 11) is 0. The zero-order valence-electron chi connectivity index (χ0n) is 9.27. The van der Waals surface area contributed by atoms with E-state index in [2.05, 4.69) is 21.2 Å². The van der Waals surface area contributed by atoms with E-state index in [1.165, 1.54) is 0 Å². The van der Waals surface area contributed by atoms with E-state index in [4.69, 9.17) is 4.42 Å². The highest BCUT2D eigenvalue weighted by Crippen LogP contribution is 2.19. The first-order valence-electron chi connectivity index (χ1n) is 5.42. The highest BCUT2D eigenvalue weighted by atomic mass is 79.9. The maximum atomic E-state index is 9.37. The molecular formula is C13H14BrNO2. The van der Waals surface area contributed by atoms with E-state index < -0.39 is 0 Å². The van der Waals surface area contributed by atoms with Gasteiger partial charge in [-0.1, -0.05) is 30.3 Å². The Morgan fingerprint density at radius 3 is 2.59 bits per heavy atom. The number of aliphatic hydroxyl groups excluding tert-OH is 1. The number of furan rings is 1. The maximum Gasteiger partial charge on any atom is 0.131 e. The van der Waals surface area contributed by atoms with Crippen LogP contribution in [0.1, 0.15) is 17.4 Å². The van der Waals surface area contributed by atoms with E-state index in [0.717, 1.165) is 15.8 Å². The van der Waals surface area contributed by atoms with E-state index >= 15 is 0 Å². The van der Waals surface area contributed by atoms with Gasteiger partial charge in [0.25, 0.3) is 0 Å². The van der Waals surface area contributed by atoms with Gasteiger partial charge < -0.3 is 14.8 Å². The molecule has 0 aliphatic heterocycles. The number of rotatable bonds is 5. The summed E-state index contributed by atoms with van der Waals surface area (Å²) in [5.41, 5.74) is 1.07. The summed E-state index contributed by atoms with van der Waals surface area (Å²) in [6.07, 6.45) is 1.64. The molecule has 0 spiro atoms. The minimum absolute atomic E-state index is 0.0579. The zero-order valence-corrected chi connectivity index (χ0v) is 10.9. The normalized spacial score (nSPS) is 12.6. The molecule has 1 atom stereocenters. The third kappa shape index (κ3) is 3.19. The SMILES string of the molecule is OCC(NCc1occc1Br)c1ccccc1. The fourth-order valence-electron chi connectivity index (χ4n) is 1.64. The van der Waals surface area contributed by atoms with Gasteiger partial charge in [-0.2, -0.15) is 0 Å². The van der Waals surface area contributed by atoms with Gasteiger partial charge in [0.15, 0.2) is 0 Å². The predicted molar refractivity (Wildman–Crippen MR) is 69.5 cm³/mol. The van der Waals surface area contributed by atoms with Crippen molar-refractivity contribution in [3.05, 3.63) is 58.5 Å². The van der Waals surface area contributed by atoms with E-state index in [1.807, 2.05) is 36.4 Å². The molecule has 1 aromatic carbocycles. The molecule has 2 rings (SSSR count). The number of halogens is 1. The Hall–Kier alpha value is -1.10. The quantitative estimate of drug-likeness (QED) is 0.892. The van der Waals surface area contributed by atoms with Crippen molar-refractivity contribution in [2.45, 2.75) is 12.6 Å². The molecule has 17 heavy (non-hydrogen) atoms. The van der Waals surface area contributed by atoms with Crippen LogP contribution >= 0.6 is 15.9 Å². The Bertz CT molecular complexity index is 455. The van der Waals surface area contributed by atoms with Crippen molar-refractivity contribution in [2.75, 3.05) is 6.61 Å². The summed E-state index contributed by atoms with van der Waals surface area (Å²) >= 11 is 3.40. The van der Waals surface area contributed by atoms with Crippen molar-refractivity contribution < 1.29 is 9.52 Å². The lowest BCUT2D eigenvalue weighted by Gasteiger charge is -2.15. The van der Waals surface area contributed by atoms with Crippen LogP contribution in [0.15, 0.2) is 51.6 Å². The molecule has 2 N–H and O–H groups in total. The van der Waals surface area contributed by atoms with Crippen molar-refractivity contribution in [2.24, 2.45) is 0 Å². The highest BCUT2D eigenvalue weighted by molar-refractivity contribution is 9.10.